The van der Waals surface area contributed by atoms with E-state index in [1.807, 2.05) is 12.1 Å². The van der Waals surface area contributed by atoms with Crippen LogP contribution in [0.3, 0.4) is 0 Å². The minimum Gasteiger partial charge on any atom is -0.338 e. The van der Waals surface area contributed by atoms with E-state index in [1.54, 1.807) is 10.4 Å². The largest absolute Gasteiger partial charge is 0.338 e. The van der Waals surface area contributed by atoms with Gasteiger partial charge in [-0.25, -0.2) is 8.42 Å². The van der Waals surface area contributed by atoms with Gasteiger partial charge >= 0.3 is 0 Å². The quantitative estimate of drug-likeness (QED) is 0.715. The van der Waals surface area contributed by atoms with Gasteiger partial charge in [-0.1, -0.05) is 18.9 Å². The molecule has 0 radical (unpaired) electrons. The molecule has 1 aromatic rings. The van der Waals surface area contributed by atoms with Crippen LogP contribution in [0.1, 0.15) is 56.1 Å². The molecule has 7 heteroatoms. The molecular formula is C24H35N3O3S. The van der Waals surface area contributed by atoms with Crippen molar-refractivity contribution in [2.24, 2.45) is 5.92 Å². The molecule has 31 heavy (non-hydrogen) atoms. The maximum atomic E-state index is 13.2. The Morgan fingerprint density at radius 3 is 2.45 bits per heavy atom. The maximum Gasteiger partial charge on any atom is 0.243 e. The zero-order valence-corrected chi connectivity index (χ0v) is 19.3. The van der Waals surface area contributed by atoms with Crippen molar-refractivity contribution in [2.45, 2.75) is 68.7 Å². The maximum absolute atomic E-state index is 13.2. The summed E-state index contributed by atoms with van der Waals surface area (Å²) in [6.45, 7) is 3.48. The van der Waals surface area contributed by atoms with Crippen LogP contribution in [0.5, 0.6) is 0 Å². The van der Waals surface area contributed by atoms with Crippen molar-refractivity contribution in [3.05, 3.63) is 29.3 Å². The Morgan fingerprint density at radius 1 is 0.871 bits per heavy atom. The summed E-state index contributed by atoms with van der Waals surface area (Å²) < 4.78 is 27.9. The van der Waals surface area contributed by atoms with Gasteiger partial charge in [0.15, 0.2) is 0 Å². The van der Waals surface area contributed by atoms with E-state index >= 15 is 0 Å². The first-order chi connectivity index (χ1) is 15.0. The number of likely N-dealkylation sites (tertiary alicyclic amines) is 1. The van der Waals surface area contributed by atoms with Gasteiger partial charge in [0.1, 0.15) is 0 Å². The van der Waals surface area contributed by atoms with E-state index in [-0.39, 0.29) is 5.91 Å². The monoisotopic (exact) mass is 445 g/mol. The van der Waals surface area contributed by atoms with Gasteiger partial charge in [-0.3, -0.25) is 9.69 Å². The van der Waals surface area contributed by atoms with Crippen LogP contribution in [0.25, 0.3) is 0 Å². The molecular weight excluding hydrogens is 410 g/mol. The molecule has 1 amide bonds. The number of benzene rings is 1. The van der Waals surface area contributed by atoms with Crippen LogP contribution in [0.15, 0.2) is 23.1 Å². The lowest BCUT2D eigenvalue weighted by molar-refractivity contribution is -0.139. The number of carbonyl (C=O) groups excluding carboxylic acids is 1. The second-order valence-corrected chi connectivity index (χ2v) is 11.7. The van der Waals surface area contributed by atoms with E-state index in [2.05, 4.69) is 9.80 Å². The van der Waals surface area contributed by atoms with Crippen LogP contribution in [0.2, 0.25) is 0 Å². The lowest BCUT2D eigenvalue weighted by Crippen LogP contribution is -2.55. The SMILES string of the molecule is O=C(CN1CCN(S(=O)(=O)c2ccc3c(c2)CCC3)CC1)N1CCC[C@@H]2CCCC[C@@H]21. The molecule has 2 heterocycles. The molecule has 3 fully saturated rings. The summed E-state index contributed by atoms with van der Waals surface area (Å²) in [5.74, 6) is 0.937. The molecule has 2 aliphatic carbocycles. The molecule has 2 saturated heterocycles. The first-order valence-corrected chi connectivity index (χ1v) is 13.6. The molecule has 0 N–H and O–H groups in total. The zero-order chi connectivity index (χ0) is 21.4. The van der Waals surface area contributed by atoms with Crippen LogP contribution >= 0.6 is 0 Å². The molecule has 1 aromatic carbocycles. The summed E-state index contributed by atoms with van der Waals surface area (Å²) in [6.07, 6.45) is 10.5. The number of rotatable bonds is 4. The van der Waals surface area contributed by atoms with E-state index < -0.39 is 10.0 Å². The van der Waals surface area contributed by atoms with Crippen LogP contribution < -0.4 is 0 Å². The highest BCUT2D eigenvalue weighted by Gasteiger charge is 2.37. The smallest absolute Gasteiger partial charge is 0.243 e. The zero-order valence-electron chi connectivity index (χ0n) is 18.5. The van der Waals surface area contributed by atoms with Gasteiger partial charge < -0.3 is 4.90 Å². The van der Waals surface area contributed by atoms with Crippen molar-refractivity contribution in [3.63, 3.8) is 0 Å². The number of hydrogen-bond donors (Lipinski definition) is 0. The Balaban J connectivity index is 1.18. The van der Waals surface area contributed by atoms with Crippen molar-refractivity contribution in [3.8, 4) is 0 Å². The number of hydrogen-bond acceptors (Lipinski definition) is 4. The van der Waals surface area contributed by atoms with E-state index in [1.165, 1.54) is 36.8 Å². The average Bonchev–Trinajstić information content (AvgIpc) is 3.27. The van der Waals surface area contributed by atoms with Crippen LogP contribution in [0.4, 0.5) is 0 Å². The van der Waals surface area contributed by atoms with Gasteiger partial charge in [-0.05, 0) is 74.1 Å². The fraction of sp³-hybridized carbons (Fsp3) is 0.708. The van der Waals surface area contributed by atoms with Crippen LogP contribution in [0, 0.1) is 5.92 Å². The first kappa shape index (κ1) is 21.4. The van der Waals surface area contributed by atoms with Crippen molar-refractivity contribution in [1.82, 2.24) is 14.1 Å². The molecule has 1 saturated carbocycles. The normalized spacial score (nSPS) is 27.7. The number of amides is 1. The summed E-state index contributed by atoms with van der Waals surface area (Å²) in [4.78, 5) is 17.8. The van der Waals surface area contributed by atoms with Gasteiger partial charge in [0, 0.05) is 38.8 Å². The minimum atomic E-state index is -3.46. The van der Waals surface area contributed by atoms with Gasteiger partial charge in [-0.15, -0.1) is 0 Å². The van der Waals surface area contributed by atoms with Crippen LogP contribution in [-0.2, 0) is 27.7 Å². The molecule has 0 unspecified atom stereocenters. The summed E-state index contributed by atoms with van der Waals surface area (Å²) in [7, 11) is -3.46. The molecule has 2 aliphatic heterocycles. The van der Waals surface area contributed by atoms with Crippen molar-refractivity contribution >= 4 is 15.9 Å². The topological polar surface area (TPSA) is 60.9 Å². The van der Waals surface area contributed by atoms with Crippen molar-refractivity contribution in [2.75, 3.05) is 39.3 Å². The Kier molecular flexibility index (Phi) is 6.10. The third-order valence-corrected chi connectivity index (χ3v) is 9.86. The van der Waals surface area contributed by atoms with Gasteiger partial charge in [0.2, 0.25) is 15.9 Å². The molecule has 2 atom stereocenters. The number of nitrogens with zero attached hydrogens (tertiary/aromatic N) is 3. The minimum absolute atomic E-state index is 0.242. The molecule has 6 nitrogen and oxygen atoms in total. The fourth-order valence-electron chi connectivity index (χ4n) is 6.20. The Bertz CT molecular complexity index is 922. The molecule has 170 valence electrons. The fourth-order valence-corrected chi connectivity index (χ4v) is 7.68. The average molecular weight is 446 g/mol. The Morgan fingerprint density at radius 2 is 1.61 bits per heavy atom. The van der Waals surface area contributed by atoms with Crippen LogP contribution in [-0.4, -0.2) is 73.7 Å². The lowest BCUT2D eigenvalue weighted by Gasteiger charge is -2.45. The third-order valence-electron chi connectivity index (χ3n) is 7.96. The summed E-state index contributed by atoms with van der Waals surface area (Å²) in [6, 6.07) is 6.08. The molecule has 0 bridgehead atoms. The highest BCUT2D eigenvalue weighted by Crippen LogP contribution is 2.35. The van der Waals surface area contributed by atoms with Crippen molar-refractivity contribution < 1.29 is 13.2 Å². The standard InChI is InChI=1S/C24H35N3O3S/c28-24(27-12-4-8-20-5-1-2-9-23(20)27)18-25-13-15-26(16-14-25)31(29,30)22-11-10-19-6-3-7-21(19)17-22/h10-11,17,20,23H,1-9,12-16,18H2/t20-,23-/m0/s1. The van der Waals surface area contributed by atoms with E-state index in [4.69, 9.17) is 0 Å². The lowest BCUT2D eigenvalue weighted by atomic mass is 9.78. The second kappa shape index (κ2) is 8.83. The summed E-state index contributed by atoms with van der Waals surface area (Å²) in [5, 5.41) is 0. The van der Waals surface area contributed by atoms with Gasteiger partial charge in [-0.2, -0.15) is 4.31 Å². The number of sulfonamides is 1. The Hall–Kier alpha value is -1.44. The molecule has 4 aliphatic rings. The first-order valence-electron chi connectivity index (χ1n) is 12.2. The highest BCUT2D eigenvalue weighted by molar-refractivity contribution is 7.89. The highest BCUT2D eigenvalue weighted by atomic mass is 32.2. The summed E-state index contributed by atoms with van der Waals surface area (Å²) in [5.41, 5.74) is 2.48. The van der Waals surface area contributed by atoms with E-state index in [9.17, 15) is 13.2 Å². The van der Waals surface area contributed by atoms with E-state index in [0.717, 1.165) is 38.6 Å². The predicted molar refractivity (Wildman–Crippen MR) is 120 cm³/mol. The predicted octanol–water partition coefficient (Wildman–Crippen LogP) is 2.66. The number of piperidine rings is 1. The van der Waals surface area contributed by atoms with E-state index in [0.29, 0.717) is 49.6 Å². The molecule has 0 spiro atoms. The second-order valence-electron chi connectivity index (χ2n) is 9.81. The number of piperazine rings is 1. The van der Waals surface area contributed by atoms with Crippen molar-refractivity contribution in [1.29, 1.82) is 0 Å². The third kappa shape index (κ3) is 4.29. The molecule has 0 aromatic heterocycles. The number of aryl methyl sites for hydroxylation is 2. The number of carbonyl (C=O) groups is 1. The Labute approximate surface area is 186 Å². The summed E-state index contributed by atoms with van der Waals surface area (Å²) >= 11 is 0. The van der Waals surface area contributed by atoms with Gasteiger partial charge in [0.05, 0.1) is 11.4 Å². The molecule has 5 rings (SSSR count). The number of fused-ring (bicyclic) bond motifs is 2. The van der Waals surface area contributed by atoms with Gasteiger partial charge in [0.25, 0.3) is 0 Å².